The number of halogens is 1. The number of hydrogen-bond acceptors (Lipinski definition) is 5. The topological polar surface area (TPSA) is 70.6 Å². The van der Waals surface area contributed by atoms with Crippen LogP contribution in [0.4, 0.5) is 5.82 Å². The number of nitrogens with zero attached hydrogens (tertiary/aromatic N) is 6. The van der Waals surface area contributed by atoms with E-state index in [0.29, 0.717) is 11.6 Å². The molecule has 3 heterocycles. The number of hydrogen-bond donors (Lipinski definition) is 0. The normalized spacial score (nSPS) is 13.4. The number of benzene rings is 1. The van der Waals surface area contributed by atoms with Gasteiger partial charge in [-0.05, 0) is 12.1 Å². The van der Waals surface area contributed by atoms with Gasteiger partial charge in [0.2, 0.25) is 0 Å². The van der Waals surface area contributed by atoms with Gasteiger partial charge < -0.3 is 9.47 Å². The Morgan fingerprint density at radius 2 is 1.88 bits per heavy atom. The molecule has 24 heavy (non-hydrogen) atoms. The quantitative estimate of drug-likeness (QED) is 0.719. The molecule has 0 atom stereocenters. The van der Waals surface area contributed by atoms with Gasteiger partial charge in [0, 0.05) is 18.7 Å². The van der Waals surface area contributed by atoms with Crippen LogP contribution in [0, 0.1) is 11.3 Å². The third-order valence-electron chi connectivity index (χ3n) is 4.05. The summed E-state index contributed by atoms with van der Waals surface area (Å²) in [6, 6.07) is 15.6. The Balaban J connectivity index is 1.64. The molecule has 7 heteroatoms. The van der Waals surface area contributed by atoms with Crippen molar-refractivity contribution in [2.75, 3.05) is 11.4 Å². The second-order valence-corrected chi connectivity index (χ2v) is 5.90. The average molecular weight is 337 g/mol. The Morgan fingerprint density at radius 3 is 2.67 bits per heavy atom. The molecule has 0 spiro atoms. The third-order valence-corrected chi connectivity index (χ3v) is 4.35. The van der Waals surface area contributed by atoms with Crippen molar-refractivity contribution in [1.29, 1.82) is 5.26 Å². The van der Waals surface area contributed by atoms with Gasteiger partial charge in [0.1, 0.15) is 11.9 Å². The highest BCUT2D eigenvalue weighted by molar-refractivity contribution is 6.31. The number of pyridine rings is 1. The van der Waals surface area contributed by atoms with Gasteiger partial charge in [-0.2, -0.15) is 5.26 Å². The van der Waals surface area contributed by atoms with E-state index in [-0.39, 0.29) is 5.69 Å². The molecule has 6 nitrogen and oxygen atoms in total. The van der Waals surface area contributed by atoms with Gasteiger partial charge in [0.25, 0.3) is 0 Å². The Morgan fingerprint density at radius 1 is 1.04 bits per heavy atom. The van der Waals surface area contributed by atoms with Crippen LogP contribution in [0.25, 0.3) is 11.4 Å². The van der Waals surface area contributed by atoms with Crippen LogP contribution in [-0.4, -0.2) is 26.3 Å². The monoisotopic (exact) mass is 336 g/mol. The molecule has 0 saturated carbocycles. The molecule has 1 aromatic carbocycles. The van der Waals surface area contributed by atoms with E-state index in [4.69, 9.17) is 16.9 Å². The van der Waals surface area contributed by atoms with E-state index in [0.717, 1.165) is 36.1 Å². The average Bonchev–Trinajstić information content (AvgIpc) is 3.06. The summed E-state index contributed by atoms with van der Waals surface area (Å²) in [5.41, 5.74) is 1.30. The van der Waals surface area contributed by atoms with Crippen LogP contribution in [0.15, 0.2) is 42.5 Å². The summed E-state index contributed by atoms with van der Waals surface area (Å²) in [5.74, 6) is 2.49. The Bertz CT molecular complexity index is 928. The van der Waals surface area contributed by atoms with Crippen molar-refractivity contribution in [3.63, 3.8) is 0 Å². The van der Waals surface area contributed by atoms with Crippen LogP contribution in [-0.2, 0) is 13.1 Å². The molecule has 0 N–H and O–H groups in total. The highest BCUT2D eigenvalue weighted by atomic mass is 35.5. The molecule has 3 aromatic rings. The van der Waals surface area contributed by atoms with Crippen molar-refractivity contribution in [3.05, 3.63) is 59.0 Å². The van der Waals surface area contributed by atoms with Crippen molar-refractivity contribution in [2.24, 2.45) is 0 Å². The zero-order valence-electron chi connectivity index (χ0n) is 12.7. The summed E-state index contributed by atoms with van der Waals surface area (Å²) in [6.45, 7) is 2.13. The molecule has 0 aliphatic carbocycles. The van der Waals surface area contributed by atoms with E-state index in [1.165, 1.54) is 0 Å². The zero-order chi connectivity index (χ0) is 16.5. The molecule has 0 fully saturated rings. The summed E-state index contributed by atoms with van der Waals surface area (Å²) in [7, 11) is 0. The summed E-state index contributed by atoms with van der Waals surface area (Å²) in [6.07, 6.45) is 0. The van der Waals surface area contributed by atoms with Crippen molar-refractivity contribution in [3.8, 4) is 17.5 Å². The van der Waals surface area contributed by atoms with Gasteiger partial charge in [-0.25, -0.2) is 4.98 Å². The Labute approximate surface area is 144 Å². The lowest BCUT2D eigenvalue weighted by Crippen LogP contribution is -2.34. The zero-order valence-corrected chi connectivity index (χ0v) is 13.5. The van der Waals surface area contributed by atoms with Crippen LogP contribution in [0.3, 0.4) is 0 Å². The van der Waals surface area contributed by atoms with E-state index in [2.05, 4.69) is 24.6 Å². The second kappa shape index (κ2) is 5.95. The molecule has 1 aliphatic heterocycles. The summed E-state index contributed by atoms with van der Waals surface area (Å²) >= 11 is 5.96. The number of fused-ring (bicyclic) bond motifs is 1. The van der Waals surface area contributed by atoms with Gasteiger partial charge in [-0.3, -0.25) is 0 Å². The van der Waals surface area contributed by atoms with Crippen molar-refractivity contribution in [1.82, 2.24) is 19.7 Å². The lowest BCUT2D eigenvalue weighted by molar-refractivity contribution is 0.559. The van der Waals surface area contributed by atoms with E-state index in [1.807, 2.05) is 42.5 Å². The van der Waals surface area contributed by atoms with E-state index < -0.39 is 0 Å². The van der Waals surface area contributed by atoms with Crippen LogP contribution >= 0.6 is 11.6 Å². The fourth-order valence-electron chi connectivity index (χ4n) is 2.84. The van der Waals surface area contributed by atoms with Crippen LogP contribution in [0.5, 0.6) is 0 Å². The maximum atomic E-state index is 9.09. The fraction of sp³-hybridized carbons (Fsp3) is 0.176. The maximum absolute atomic E-state index is 9.09. The first-order valence-corrected chi connectivity index (χ1v) is 7.93. The maximum Gasteiger partial charge on any atom is 0.164 e. The number of nitriles is 1. The van der Waals surface area contributed by atoms with Gasteiger partial charge >= 0.3 is 0 Å². The molecular weight excluding hydrogens is 324 g/mol. The summed E-state index contributed by atoms with van der Waals surface area (Å²) in [4.78, 5) is 6.41. The molecule has 0 saturated heterocycles. The molecule has 0 unspecified atom stereocenters. The summed E-state index contributed by atoms with van der Waals surface area (Å²) in [5, 5.41) is 18.1. The predicted octanol–water partition coefficient (Wildman–Crippen LogP) is 2.89. The standard InChI is InChI=1S/C17H13ClN6/c18-13-6-7-15(20-14(13)10-19)23-8-9-24-16(11-23)21-22-17(24)12-4-2-1-3-5-12/h1-7H,8-9,11H2. The fourth-order valence-corrected chi connectivity index (χ4v) is 2.99. The molecule has 118 valence electrons. The molecule has 0 amide bonds. The smallest absolute Gasteiger partial charge is 0.164 e. The van der Waals surface area contributed by atoms with Crippen molar-refractivity contribution >= 4 is 17.4 Å². The van der Waals surface area contributed by atoms with Gasteiger partial charge in [-0.1, -0.05) is 41.9 Å². The lowest BCUT2D eigenvalue weighted by atomic mass is 10.2. The molecule has 1 aliphatic rings. The lowest BCUT2D eigenvalue weighted by Gasteiger charge is -2.28. The van der Waals surface area contributed by atoms with Gasteiger partial charge in [0.15, 0.2) is 17.3 Å². The first-order chi connectivity index (χ1) is 11.8. The molecular formula is C17H13ClN6. The molecule has 2 aromatic heterocycles. The van der Waals surface area contributed by atoms with Crippen molar-refractivity contribution in [2.45, 2.75) is 13.1 Å². The minimum atomic E-state index is 0.242. The number of rotatable bonds is 2. The van der Waals surface area contributed by atoms with Crippen LogP contribution in [0.2, 0.25) is 5.02 Å². The first-order valence-electron chi connectivity index (χ1n) is 7.55. The first kappa shape index (κ1) is 14.7. The van der Waals surface area contributed by atoms with E-state index in [1.54, 1.807) is 6.07 Å². The number of aromatic nitrogens is 4. The minimum Gasteiger partial charge on any atom is -0.347 e. The third kappa shape index (κ3) is 2.49. The Kier molecular flexibility index (Phi) is 3.63. The van der Waals surface area contributed by atoms with Gasteiger partial charge in [-0.15, -0.1) is 10.2 Å². The molecule has 0 radical (unpaired) electrons. The predicted molar refractivity (Wildman–Crippen MR) is 90.5 cm³/mol. The highest BCUT2D eigenvalue weighted by Gasteiger charge is 2.23. The molecule has 0 bridgehead atoms. The number of anilines is 1. The van der Waals surface area contributed by atoms with Gasteiger partial charge in [0.05, 0.1) is 11.6 Å². The largest absolute Gasteiger partial charge is 0.347 e. The Hall–Kier alpha value is -2.91. The van der Waals surface area contributed by atoms with Crippen LogP contribution < -0.4 is 4.90 Å². The highest BCUT2D eigenvalue weighted by Crippen LogP contribution is 2.25. The second-order valence-electron chi connectivity index (χ2n) is 5.49. The summed E-state index contributed by atoms with van der Waals surface area (Å²) < 4.78 is 2.13. The molecule has 4 rings (SSSR count). The van der Waals surface area contributed by atoms with Crippen molar-refractivity contribution < 1.29 is 0 Å². The van der Waals surface area contributed by atoms with E-state index in [9.17, 15) is 0 Å². The van der Waals surface area contributed by atoms with E-state index >= 15 is 0 Å². The SMILES string of the molecule is N#Cc1nc(N2CCn3c(nnc3-c3ccccc3)C2)ccc1Cl. The minimum absolute atomic E-state index is 0.242. The van der Waals surface area contributed by atoms with Crippen LogP contribution in [0.1, 0.15) is 11.5 Å².